The number of nitrogens with zero attached hydrogens (tertiary/aromatic N) is 2. The predicted octanol–water partition coefficient (Wildman–Crippen LogP) is 5.57. The minimum atomic E-state index is -0.415. The zero-order chi connectivity index (χ0) is 24.8. The standard InChI is InChI=1S/C26H18BrN3O4S/c27-21-12-17(10-11-22(21)34-16-24(31)29-20-8-2-1-3-9-20)13-23-25(32)30(26(33)35-23)15-19-7-5-4-6-18(19)14-28/h1-13H,15-16H2,(H,29,31)/b23-13+. The van der Waals surface area contributed by atoms with Crippen LogP contribution in [0.3, 0.4) is 0 Å². The lowest BCUT2D eigenvalue weighted by Gasteiger charge is -2.13. The second-order valence-electron chi connectivity index (χ2n) is 7.43. The van der Waals surface area contributed by atoms with Gasteiger partial charge in [-0.15, -0.1) is 0 Å². The molecule has 1 N–H and O–H groups in total. The number of amides is 3. The van der Waals surface area contributed by atoms with Gasteiger partial charge in [-0.3, -0.25) is 19.3 Å². The molecule has 1 aliphatic heterocycles. The van der Waals surface area contributed by atoms with Gasteiger partial charge in [-0.1, -0.05) is 42.5 Å². The van der Waals surface area contributed by atoms with Crippen molar-refractivity contribution < 1.29 is 19.1 Å². The number of halogens is 1. The number of nitrogens with one attached hydrogen (secondary N) is 1. The van der Waals surface area contributed by atoms with Crippen molar-refractivity contribution in [1.29, 1.82) is 5.26 Å². The van der Waals surface area contributed by atoms with Crippen LogP contribution in [0.1, 0.15) is 16.7 Å². The fourth-order valence-corrected chi connectivity index (χ4v) is 4.66. The van der Waals surface area contributed by atoms with Crippen molar-refractivity contribution in [3.63, 3.8) is 0 Å². The summed E-state index contributed by atoms with van der Waals surface area (Å²) in [6, 6.07) is 23.2. The Morgan fingerprint density at radius 1 is 1.09 bits per heavy atom. The number of carbonyl (C=O) groups excluding carboxylic acids is 3. The fourth-order valence-electron chi connectivity index (χ4n) is 3.31. The molecular weight excluding hydrogens is 530 g/mol. The number of rotatable bonds is 7. The van der Waals surface area contributed by atoms with Gasteiger partial charge >= 0.3 is 0 Å². The van der Waals surface area contributed by atoms with Gasteiger partial charge in [-0.2, -0.15) is 5.26 Å². The van der Waals surface area contributed by atoms with Crippen LogP contribution in [-0.2, 0) is 16.1 Å². The summed E-state index contributed by atoms with van der Waals surface area (Å²) in [6.07, 6.45) is 1.62. The zero-order valence-corrected chi connectivity index (χ0v) is 20.6. The van der Waals surface area contributed by atoms with E-state index in [1.165, 1.54) is 0 Å². The fraction of sp³-hybridized carbons (Fsp3) is 0.0769. The first-order valence-electron chi connectivity index (χ1n) is 10.4. The molecule has 0 unspecified atom stereocenters. The van der Waals surface area contributed by atoms with Crippen molar-refractivity contribution in [2.45, 2.75) is 6.54 Å². The van der Waals surface area contributed by atoms with Crippen molar-refractivity contribution in [1.82, 2.24) is 4.90 Å². The SMILES string of the molecule is N#Cc1ccccc1CN1C(=O)S/C(=C/c2ccc(OCC(=O)Nc3ccccc3)c(Br)c2)C1=O. The van der Waals surface area contributed by atoms with E-state index in [9.17, 15) is 19.6 Å². The number of ether oxygens (including phenoxy) is 1. The van der Waals surface area contributed by atoms with E-state index in [0.717, 1.165) is 16.7 Å². The largest absolute Gasteiger partial charge is 0.483 e. The Kier molecular flexibility index (Phi) is 7.65. The lowest BCUT2D eigenvalue weighted by Crippen LogP contribution is -2.27. The first kappa shape index (κ1) is 24.3. The third kappa shape index (κ3) is 5.98. The summed E-state index contributed by atoms with van der Waals surface area (Å²) in [5.74, 6) is -0.243. The molecule has 1 fully saturated rings. The second-order valence-corrected chi connectivity index (χ2v) is 9.28. The average Bonchev–Trinajstić information content (AvgIpc) is 3.11. The average molecular weight is 548 g/mol. The molecule has 3 aromatic rings. The normalized spacial score (nSPS) is 14.2. The maximum atomic E-state index is 12.9. The molecular formula is C26H18BrN3O4S. The molecule has 3 aromatic carbocycles. The minimum Gasteiger partial charge on any atom is -0.483 e. The van der Waals surface area contributed by atoms with Gasteiger partial charge in [-0.25, -0.2) is 0 Å². The minimum absolute atomic E-state index is 0.0350. The van der Waals surface area contributed by atoms with E-state index in [1.54, 1.807) is 60.7 Å². The highest BCUT2D eigenvalue weighted by Gasteiger charge is 2.35. The third-order valence-corrected chi connectivity index (χ3v) is 6.54. The summed E-state index contributed by atoms with van der Waals surface area (Å²) >= 11 is 4.28. The summed E-state index contributed by atoms with van der Waals surface area (Å²) in [5, 5.41) is 11.6. The lowest BCUT2D eigenvalue weighted by atomic mass is 10.1. The van der Waals surface area contributed by atoms with Crippen LogP contribution in [0.2, 0.25) is 0 Å². The van der Waals surface area contributed by atoms with E-state index < -0.39 is 11.1 Å². The van der Waals surface area contributed by atoms with Crippen molar-refractivity contribution in [3.05, 3.63) is 98.9 Å². The molecule has 0 aromatic heterocycles. The number of thioether (sulfide) groups is 1. The summed E-state index contributed by atoms with van der Waals surface area (Å²) in [4.78, 5) is 38.8. The lowest BCUT2D eigenvalue weighted by molar-refractivity contribution is -0.123. The van der Waals surface area contributed by atoms with Crippen molar-refractivity contribution in [2.24, 2.45) is 0 Å². The quantitative estimate of drug-likeness (QED) is 0.388. The number of hydrogen-bond acceptors (Lipinski definition) is 6. The van der Waals surface area contributed by atoms with E-state index in [4.69, 9.17) is 4.74 Å². The van der Waals surface area contributed by atoms with Crippen molar-refractivity contribution in [3.8, 4) is 11.8 Å². The number of carbonyl (C=O) groups is 3. The monoisotopic (exact) mass is 547 g/mol. The summed E-state index contributed by atoms with van der Waals surface area (Å²) < 4.78 is 6.20. The Morgan fingerprint density at radius 2 is 1.83 bits per heavy atom. The molecule has 0 saturated carbocycles. The molecule has 1 saturated heterocycles. The first-order valence-corrected chi connectivity index (χ1v) is 12.1. The molecule has 4 rings (SSSR count). The molecule has 1 aliphatic rings. The van der Waals surface area contributed by atoms with Crippen LogP contribution < -0.4 is 10.1 Å². The second kappa shape index (κ2) is 11.0. The summed E-state index contributed by atoms with van der Waals surface area (Å²) in [7, 11) is 0. The van der Waals surface area contributed by atoms with Crippen LogP contribution in [0.15, 0.2) is 82.2 Å². The summed E-state index contributed by atoms with van der Waals surface area (Å²) in [6.45, 7) is -0.136. The number of nitriles is 1. The highest BCUT2D eigenvalue weighted by Crippen LogP contribution is 2.35. The van der Waals surface area contributed by atoms with Crippen molar-refractivity contribution in [2.75, 3.05) is 11.9 Å². The molecule has 7 nitrogen and oxygen atoms in total. The van der Waals surface area contributed by atoms with E-state index in [2.05, 4.69) is 27.3 Å². The molecule has 0 bridgehead atoms. The number of para-hydroxylation sites is 1. The Bertz CT molecular complexity index is 1370. The number of imide groups is 1. The van der Waals surface area contributed by atoms with E-state index in [0.29, 0.717) is 32.6 Å². The van der Waals surface area contributed by atoms with Gasteiger partial charge in [0.2, 0.25) is 0 Å². The van der Waals surface area contributed by atoms with Crippen LogP contribution >= 0.6 is 27.7 Å². The van der Waals surface area contributed by atoms with Crippen LogP contribution in [0, 0.1) is 11.3 Å². The molecule has 0 atom stereocenters. The Labute approximate surface area is 214 Å². The third-order valence-electron chi connectivity index (χ3n) is 5.01. The maximum Gasteiger partial charge on any atom is 0.293 e. The van der Waals surface area contributed by atoms with Gasteiger partial charge in [0.1, 0.15) is 5.75 Å². The molecule has 9 heteroatoms. The number of hydrogen-bond donors (Lipinski definition) is 1. The molecule has 35 heavy (non-hydrogen) atoms. The van der Waals surface area contributed by atoms with Crippen LogP contribution in [0.4, 0.5) is 10.5 Å². The van der Waals surface area contributed by atoms with Gasteiger partial charge in [0.25, 0.3) is 17.1 Å². The van der Waals surface area contributed by atoms with Crippen LogP contribution in [0.5, 0.6) is 5.75 Å². The molecule has 0 aliphatic carbocycles. The highest BCUT2D eigenvalue weighted by atomic mass is 79.9. The van der Waals surface area contributed by atoms with Gasteiger partial charge < -0.3 is 10.1 Å². The summed E-state index contributed by atoms with van der Waals surface area (Å²) in [5.41, 5.74) is 2.40. The van der Waals surface area contributed by atoms with E-state index in [1.807, 2.05) is 18.2 Å². The van der Waals surface area contributed by atoms with E-state index in [-0.39, 0.29) is 24.0 Å². The molecule has 1 heterocycles. The van der Waals surface area contributed by atoms with Crippen LogP contribution in [-0.4, -0.2) is 28.6 Å². The first-order chi connectivity index (χ1) is 16.9. The smallest absolute Gasteiger partial charge is 0.293 e. The number of benzene rings is 3. The highest BCUT2D eigenvalue weighted by molar-refractivity contribution is 9.10. The molecule has 0 radical (unpaired) electrons. The Hall–Kier alpha value is -3.87. The molecule has 3 amide bonds. The van der Waals surface area contributed by atoms with Crippen molar-refractivity contribution >= 4 is 56.5 Å². The van der Waals surface area contributed by atoms with Gasteiger partial charge in [0.05, 0.1) is 27.6 Å². The number of anilines is 1. The zero-order valence-electron chi connectivity index (χ0n) is 18.2. The molecule has 174 valence electrons. The maximum absolute atomic E-state index is 12.9. The van der Waals surface area contributed by atoms with Gasteiger partial charge in [0, 0.05) is 5.69 Å². The van der Waals surface area contributed by atoms with E-state index >= 15 is 0 Å². The Morgan fingerprint density at radius 3 is 2.57 bits per heavy atom. The predicted molar refractivity (Wildman–Crippen MR) is 137 cm³/mol. The van der Waals surface area contributed by atoms with Gasteiger partial charge in [0.15, 0.2) is 6.61 Å². The van der Waals surface area contributed by atoms with Gasteiger partial charge in [-0.05, 0) is 75.2 Å². The topological polar surface area (TPSA) is 99.5 Å². The molecule has 0 spiro atoms. The van der Waals surface area contributed by atoms with Crippen LogP contribution in [0.25, 0.3) is 6.08 Å². The Balaban J connectivity index is 1.41.